The molecular formula is C13H21ClN2O3. The van der Waals surface area contributed by atoms with Crippen LogP contribution in [-0.2, 0) is 14.3 Å². The maximum absolute atomic E-state index is 12.4. The van der Waals surface area contributed by atoms with Crippen molar-refractivity contribution in [3.63, 3.8) is 0 Å². The molecule has 3 fully saturated rings. The molecule has 3 aliphatic heterocycles. The molecule has 3 rings (SSSR count). The van der Waals surface area contributed by atoms with Crippen molar-refractivity contribution in [2.75, 3.05) is 27.2 Å². The van der Waals surface area contributed by atoms with Gasteiger partial charge in [-0.2, -0.15) is 0 Å². The van der Waals surface area contributed by atoms with Crippen LogP contribution in [0.4, 0.5) is 0 Å². The lowest BCUT2D eigenvalue weighted by atomic mass is 9.74. The lowest BCUT2D eigenvalue weighted by Gasteiger charge is -2.26. The van der Waals surface area contributed by atoms with Gasteiger partial charge >= 0.3 is 0 Å². The Labute approximate surface area is 119 Å². The number of nitrogens with zero attached hydrogens (tertiary/aromatic N) is 2. The third-order valence-corrected chi connectivity index (χ3v) is 4.62. The molecule has 0 saturated carbocycles. The number of carbonyl (C=O) groups excluding carboxylic acids is 2. The number of likely N-dealkylation sites (N-methyl/N-ethyl adjacent to an activating group) is 1. The maximum atomic E-state index is 12.4. The molecule has 108 valence electrons. The number of likely N-dealkylation sites (tertiary alicyclic amines) is 1. The molecule has 4 unspecified atom stereocenters. The van der Waals surface area contributed by atoms with E-state index >= 15 is 0 Å². The van der Waals surface area contributed by atoms with Crippen molar-refractivity contribution < 1.29 is 14.3 Å². The summed E-state index contributed by atoms with van der Waals surface area (Å²) in [7, 11) is 3.89. The highest BCUT2D eigenvalue weighted by atomic mass is 35.5. The first-order valence-corrected chi connectivity index (χ1v) is 6.62. The van der Waals surface area contributed by atoms with Crippen LogP contribution in [0, 0.1) is 11.8 Å². The first-order valence-electron chi connectivity index (χ1n) is 6.62. The summed E-state index contributed by atoms with van der Waals surface area (Å²) < 4.78 is 5.86. The predicted octanol–water partition coefficient (Wildman–Crippen LogP) is 0.522. The monoisotopic (exact) mass is 288 g/mol. The van der Waals surface area contributed by atoms with E-state index in [-0.39, 0.29) is 42.2 Å². The Kier molecular flexibility index (Phi) is 3.66. The van der Waals surface area contributed by atoms with Gasteiger partial charge in [0.1, 0.15) is 0 Å². The molecule has 0 aromatic heterocycles. The van der Waals surface area contributed by atoms with Gasteiger partial charge < -0.3 is 9.64 Å². The van der Waals surface area contributed by atoms with Gasteiger partial charge in [-0.3, -0.25) is 14.5 Å². The van der Waals surface area contributed by atoms with E-state index in [0.29, 0.717) is 6.54 Å². The minimum atomic E-state index is -0.394. The molecule has 4 atom stereocenters. The molecule has 0 aromatic carbocycles. The molecule has 0 radical (unpaired) electrons. The van der Waals surface area contributed by atoms with E-state index in [9.17, 15) is 9.59 Å². The number of hydrogen-bond acceptors (Lipinski definition) is 4. The smallest absolute Gasteiger partial charge is 0.236 e. The molecule has 3 heterocycles. The number of ether oxygens (including phenoxy) is 1. The summed E-state index contributed by atoms with van der Waals surface area (Å²) in [6, 6.07) is 0. The number of imide groups is 1. The average molecular weight is 289 g/mol. The first kappa shape index (κ1) is 14.8. The van der Waals surface area contributed by atoms with Gasteiger partial charge in [-0.05, 0) is 33.9 Å². The van der Waals surface area contributed by atoms with E-state index < -0.39 is 5.60 Å². The largest absolute Gasteiger partial charge is 0.370 e. The second-order valence-corrected chi connectivity index (χ2v) is 6.14. The lowest BCUT2D eigenvalue weighted by Crippen LogP contribution is -2.41. The molecule has 3 saturated heterocycles. The fourth-order valence-electron chi connectivity index (χ4n) is 3.66. The summed E-state index contributed by atoms with van der Waals surface area (Å²) in [5.74, 6) is -0.471. The Hall–Kier alpha value is -0.650. The molecule has 6 heteroatoms. The Morgan fingerprint density at radius 2 is 2.05 bits per heavy atom. The van der Waals surface area contributed by atoms with E-state index in [1.165, 1.54) is 4.90 Å². The summed E-state index contributed by atoms with van der Waals surface area (Å²) in [4.78, 5) is 28.2. The van der Waals surface area contributed by atoms with Gasteiger partial charge in [0.05, 0.1) is 23.5 Å². The van der Waals surface area contributed by atoms with Gasteiger partial charge in [0, 0.05) is 13.1 Å². The Morgan fingerprint density at radius 1 is 1.37 bits per heavy atom. The van der Waals surface area contributed by atoms with Crippen molar-refractivity contribution in [3.8, 4) is 0 Å². The number of halogens is 1. The summed E-state index contributed by atoms with van der Waals surface area (Å²) >= 11 is 0. The molecular weight excluding hydrogens is 268 g/mol. The van der Waals surface area contributed by atoms with Crippen LogP contribution in [-0.4, -0.2) is 60.5 Å². The van der Waals surface area contributed by atoms with Crippen molar-refractivity contribution >= 4 is 24.2 Å². The van der Waals surface area contributed by atoms with Gasteiger partial charge in [-0.25, -0.2) is 0 Å². The standard InChI is InChI=1S/C13H20N2O3.ClH/c1-13-5-4-8(18-13)9-10(13)12(17)15(11(9)16)7-6-14(2)3;/h8-10H,4-7H2,1-3H3;1H. The molecule has 19 heavy (non-hydrogen) atoms. The zero-order chi connectivity index (χ0) is 13.1. The number of fused-ring (bicyclic) bond motifs is 5. The summed E-state index contributed by atoms with van der Waals surface area (Å²) in [6.45, 7) is 3.21. The molecule has 0 aromatic rings. The highest BCUT2D eigenvalue weighted by Crippen LogP contribution is 2.54. The van der Waals surface area contributed by atoms with Crippen LogP contribution < -0.4 is 0 Å². The zero-order valence-corrected chi connectivity index (χ0v) is 12.4. The van der Waals surface area contributed by atoms with E-state index in [1.807, 2.05) is 25.9 Å². The highest BCUT2D eigenvalue weighted by Gasteiger charge is 2.67. The van der Waals surface area contributed by atoms with Crippen LogP contribution >= 0.6 is 12.4 Å². The van der Waals surface area contributed by atoms with Crippen LogP contribution in [0.25, 0.3) is 0 Å². The Bertz CT molecular complexity index is 415. The average Bonchev–Trinajstić information content (AvgIpc) is 2.87. The number of rotatable bonds is 3. The van der Waals surface area contributed by atoms with Crippen molar-refractivity contribution in [2.24, 2.45) is 11.8 Å². The summed E-state index contributed by atoms with van der Waals surface area (Å²) in [5.41, 5.74) is -0.394. The van der Waals surface area contributed by atoms with Gasteiger partial charge in [0.25, 0.3) is 0 Å². The predicted molar refractivity (Wildman–Crippen MR) is 72.0 cm³/mol. The van der Waals surface area contributed by atoms with Gasteiger partial charge in [0.2, 0.25) is 11.8 Å². The SMILES string of the molecule is CN(C)CCN1C(=O)C2C3CCC(C)(O3)C2C1=O.Cl. The fourth-order valence-corrected chi connectivity index (χ4v) is 3.66. The number of amides is 2. The Balaban J connectivity index is 0.00000133. The van der Waals surface area contributed by atoms with Crippen molar-refractivity contribution in [1.82, 2.24) is 9.80 Å². The zero-order valence-electron chi connectivity index (χ0n) is 11.6. The molecule has 2 amide bonds. The minimum absolute atomic E-state index is 0. The molecule has 0 spiro atoms. The fraction of sp³-hybridized carbons (Fsp3) is 0.846. The van der Waals surface area contributed by atoms with Crippen LogP contribution in [0.15, 0.2) is 0 Å². The van der Waals surface area contributed by atoms with Crippen molar-refractivity contribution in [1.29, 1.82) is 0 Å². The topological polar surface area (TPSA) is 49.9 Å². The second kappa shape index (κ2) is 4.72. The quantitative estimate of drug-likeness (QED) is 0.711. The Morgan fingerprint density at radius 3 is 2.63 bits per heavy atom. The van der Waals surface area contributed by atoms with Gasteiger partial charge in [-0.15, -0.1) is 12.4 Å². The van der Waals surface area contributed by atoms with E-state index in [2.05, 4.69) is 0 Å². The van der Waals surface area contributed by atoms with Crippen LogP contribution in [0.2, 0.25) is 0 Å². The summed E-state index contributed by atoms with van der Waals surface area (Å²) in [5, 5.41) is 0. The highest BCUT2D eigenvalue weighted by molar-refractivity contribution is 6.06. The molecule has 0 aliphatic carbocycles. The molecule has 5 nitrogen and oxygen atoms in total. The third kappa shape index (κ3) is 1.99. The third-order valence-electron chi connectivity index (χ3n) is 4.62. The van der Waals surface area contributed by atoms with E-state index in [0.717, 1.165) is 19.4 Å². The molecule has 2 bridgehead atoms. The van der Waals surface area contributed by atoms with Gasteiger partial charge in [-0.1, -0.05) is 0 Å². The number of carbonyl (C=O) groups is 2. The normalized spacial score (nSPS) is 40.0. The van der Waals surface area contributed by atoms with Crippen LogP contribution in [0.3, 0.4) is 0 Å². The molecule has 3 aliphatic rings. The minimum Gasteiger partial charge on any atom is -0.370 e. The second-order valence-electron chi connectivity index (χ2n) is 6.14. The first-order chi connectivity index (χ1) is 8.44. The van der Waals surface area contributed by atoms with Crippen molar-refractivity contribution in [3.05, 3.63) is 0 Å². The molecule has 0 N–H and O–H groups in total. The maximum Gasteiger partial charge on any atom is 0.236 e. The van der Waals surface area contributed by atoms with E-state index in [4.69, 9.17) is 4.74 Å². The van der Waals surface area contributed by atoms with Crippen molar-refractivity contribution in [2.45, 2.75) is 31.5 Å². The summed E-state index contributed by atoms with van der Waals surface area (Å²) in [6.07, 6.45) is 1.79. The van der Waals surface area contributed by atoms with E-state index in [1.54, 1.807) is 0 Å². The number of hydrogen-bond donors (Lipinski definition) is 0. The van der Waals surface area contributed by atoms with Crippen LogP contribution in [0.5, 0.6) is 0 Å². The van der Waals surface area contributed by atoms with Gasteiger partial charge in [0.15, 0.2) is 0 Å². The lowest BCUT2D eigenvalue weighted by molar-refractivity contribution is -0.144. The van der Waals surface area contributed by atoms with Crippen LogP contribution in [0.1, 0.15) is 19.8 Å².